The van der Waals surface area contributed by atoms with E-state index in [0.29, 0.717) is 0 Å². The van der Waals surface area contributed by atoms with Gasteiger partial charge in [0.1, 0.15) is 0 Å². The maximum Gasteiger partial charge on any atom is 0.227 e. The van der Waals surface area contributed by atoms with Crippen molar-refractivity contribution >= 4 is 5.91 Å². The van der Waals surface area contributed by atoms with Crippen LogP contribution in [0.3, 0.4) is 0 Å². The van der Waals surface area contributed by atoms with Crippen LogP contribution in [-0.2, 0) is 4.79 Å². The van der Waals surface area contributed by atoms with Gasteiger partial charge in [-0.3, -0.25) is 4.79 Å². The highest BCUT2D eigenvalue weighted by Crippen LogP contribution is 2.22. The van der Waals surface area contributed by atoms with Crippen molar-refractivity contribution in [2.24, 2.45) is 5.73 Å². The lowest BCUT2D eigenvalue weighted by molar-refractivity contribution is -0.123. The molecule has 104 valence electrons. The van der Waals surface area contributed by atoms with Crippen LogP contribution in [0.2, 0.25) is 0 Å². The first-order chi connectivity index (χ1) is 9.22. The Balaban J connectivity index is 2.01. The normalized spacial score (nSPS) is 24.7. The van der Waals surface area contributed by atoms with E-state index in [2.05, 4.69) is 12.2 Å². The molecule has 1 fully saturated rings. The van der Waals surface area contributed by atoms with Crippen LogP contribution in [0.5, 0.6) is 0 Å². The second-order valence-corrected chi connectivity index (χ2v) is 5.43. The molecule has 2 rings (SSSR count). The summed E-state index contributed by atoms with van der Waals surface area (Å²) in [4.78, 5) is 12.4. The molecule has 1 aliphatic carbocycles. The summed E-state index contributed by atoms with van der Waals surface area (Å²) >= 11 is 0. The van der Waals surface area contributed by atoms with Crippen molar-refractivity contribution in [2.75, 3.05) is 0 Å². The van der Waals surface area contributed by atoms with E-state index in [9.17, 15) is 4.79 Å². The summed E-state index contributed by atoms with van der Waals surface area (Å²) in [6, 6.07) is 10.3. The van der Waals surface area contributed by atoms with E-state index in [0.717, 1.165) is 24.8 Å². The second-order valence-electron chi connectivity index (χ2n) is 5.43. The molecule has 1 aromatic carbocycles. The van der Waals surface area contributed by atoms with Gasteiger partial charge in [-0.1, -0.05) is 50.1 Å². The summed E-state index contributed by atoms with van der Waals surface area (Å²) in [5, 5.41) is 3.15. The summed E-state index contributed by atoms with van der Waals surface area (Å²) in [6.07, 6.45) is 5.20. The van der Waals surface area contributed by atoms with Crippen LogP contribution in [-0.4, -0.2) is 18.0 Å². The number of amides is 1. The number of benzene rings is 1. The number of carbonyl (C=O) groups excluding carboxylic acids is 1. The fraction of sp³-hybridized carbons (Fsp3) is 0.562. The molecule has 1 unspecified atom stereocenters. The zero-order chi connectivity index (χ0) is 13.7. The van der Waals surface area contributed by atoms with Crippen LogP contribution in [0.4, 0.5) is 0 Å². The average Bonchev–Trinajstić information content (AvgIpc) is 2.43. The first-order valence-corrected chi connectivity index (χ1v) is 7.33. The third-order valence-corrected chi connectivity index (χ3v) is 4.07. The second kappa shape index (κ2) is 6.71. The molecule has 3 atom stereocenters. The SMILES string of the molecule is CCC(C(=O)N[C@@H]1CCCC[C@H]1N)c1ccccc1. The van der Waals surface area contributed by atoms with E-state index in [-0.39, 0.29) is 23.9 Å². The Labute approximate surface area is 115 Å². The van der Waals surface area contributed by atoms with Gasteiger partial charge in [-0.25, -0.2) is 0 Å². The van der Waals surface area contributed by atoms with Crippen LogP contribution in [0.1, 0.15) is 50.5 Å². The fourth-order valence-corrected chi connectivity index (χ4v) is 2.88. The number of hydrogen-bond acceptors (Lipinski definition) is 2. The van der Waals surface area contributed by atoms with Gasteiger partial charge in [0.15, 0.2) is 0 Å². The van der Waals surface area contributed by atoms with E-state index >= 15 is 0 Å². The molecule has 0 aromatic heterocycles. The van der Waals surface area contributed by atoms with Crippen molar-refractivity contribution in [1.29, 1.82) is 0 Å². The average molecular weight is 260 g/mol. The molecule has 0 heterocycles. The van der Waals surface area contributed by atoms with E-state index in [1.165, 1.54) is 12.8 Å². The lowest BCUT2D eigenvalue weighted by Crippen LogP contribution is -2.50. The summed E-state index contributed by atoms with van der Waals surface area (Å²) in [7, 11) is 0. The van der Waals surface area contributed by atoms with E-state index in [1.807, 2.05) is 30.3 Å². The number of rotatable bonds is 4. The minimum absolute atomic E-state index is 0.0599. The van der Waals surface area contributed by atoms with Crippen LogP contribution in [0.25, 0.3) is 0 Å². The van der Waals surface area contributed by atoms with Gasteiger partial charge < -0.3 is 11.1 Å². The molecular weight excluding hydrogens is 236 g/mol. The van der Waals surface area contributed by atoms with Gasteiger partial charge in [-0.05, 0) is 24.8 Å². The van der Waals surface area contributed by atoms with E-state index in [1.54, 1.807) is 0 Å². The Morgan fingerprint density at radius 2 is 2.00 bits per heavy atom. The highest BCUT2D eigenvalue weighted by molar-refractivity contribution is 5.83. The first kappa shape index (κ1) is 14.1. The van der Waals surface area contributed by atoms with Gasteiger partial charge >= 0.3 is 0 Å². The summed E-state index contributed by atoms with van der Waals surface area (Å²) < 4.78 is 0. The van der Waals surface area contributed by atoms with Crippen molar-refractivity contribution in [3.8, 4) is 0 Å². The molecule has 19 heavy (non-hydrogen) atoms. The van der Waals surface area contributed by atoms with Gasteiger partial charge in [0, 0.05) is 12.1 Å². The third kappa shape index (κ3) is 3.57. The zero-order valence-electron chi connectivity index (χ0n) is 11.6. The predicted octanol–water partition coefficient (Wildman–Crippen LogP) is 2.57. The zero-order valence-corrected chi connectivity index (χ0v) is 11.6. The van der Waals surface area contributed by atoms with Gasteiger partial charge in [-0.15, -0.1) is 0 Å². The van der Waals surface area contributed by atoms with Gasteiger partial charge in [0.25, 0.3) is 0 Å². The molecule has 3 heteroatoms. The van der Waals surface area contributed by atoms with Crippen LogP contribution < -0.4 is 11.1 Å². The van der Waals surface area contributed by atoms with Crippen molar-refractivity contribution in [2.45, 2.75) is 57.0 Å². The molecule has 0 aliphatic heterocycles. The molecule has 0 saturated heterocycles. The monoisotopic (exact) mass is 260 g/mol. The van der Waals surface area contributed by atoms with Crippen LogP contribution >= 0.6 is 0 Å². The first-order valence-electron chi connectivity index (χ1n) is 7.33. The summed E-state index contributed by atoms with van der Waals surface area (Å²) in [5.41, 5.74) is 7.18. The molecule has 1 saturated carbocycles. The van der Waals surface area contributed by atoms with Crippen molar-refractivity contribution in [1.82, 2.24) is 5.32 Å². The highest BCUT2D eigenvalue weighted by atomic mass is 16.1. The summed E-state index contributed by atoms with van der Waals surface area (Å²) in [6.45, 7) is 2.05. The maximum absolute atomic E-state index is 12.4. The largest absolute Gasteiger partial charge is 0.351 e. The predicted molar refractivity (Wildman–Crippen MR) is 77.8 cm³/mol. The molecule has 1 amide bonds. The molecular formula is C16H24N2O. The fourth-order valence-electron chi connectivity index (χ4n) is 2.88. The molecule has 0 bridgehead atoms. The smallest absolute Gasteiger partial charge is 0.227 e. The molecule has 3 N–H and O–H groups in total. The topological polar surface area (TPSA) is 55.1 Å². The minimum atomic E-state index is -0.0599. The van der Waals surface area contributed by atoms with Crippen molar-refractivity contribution in [3.63, 3.8) is 0 Å². The molecule has 1 aromatic rings. The van der Waals surface area contributed by atoms with Gasteiger partial charge in [0.2, 0.25) is 5.91 Å². The maximum atomic E-state index is 12.4. The molecule has 0 spiro atoms. The Morgan fingerprint density at radius 3 is 2.63 bits per heavy atom. The van der Waals surface area contributed by atoms with E-state index in [4.69, 9.17) is 5.73 Å². The molecule has 3 nitrogen and oxygen atoms in total. The number of hydrogen-bond donors (Lipinski definition) is 2. The number of carbonyl (C=O) groups is 1. The Bertz CT molecular complexity index is 404. The van der Waals surface area contributed by atoms with Crippen LogP contribution in [0, 0.1) is 0 Å². The summed E-state index contributed by atoms with van der Waals surface area (Å²) in [5.74, 6) is 0.0615. The highest BCUT2D eigenvalue weighted by Gasteiger charge is 2.26. The van der Waals surface area contributed by atoms with Crippen LogP contribution in [0.15, 0.2) is 30.3 Å². The lowest BCUT2D eigenvalue weighted by Gasteiger charge is -2.30. The Morgan fingerprint density at radius 1 is 1.32 bits per heavy atom. The van der Waals surface area contributed by atoms with Crippen molar-refractivity contribution < 1.29 is 4.79 Å². The van der Waals surface area contributed by atoms with E-state index < -0.39 is 0 Å². The third-order valence-electron chi connectivity index (χ3n) is 4.07. The minimum Gasteiger partial charge on any atom is -0.351 e. The number of nitrogens with two attached hydrogens (primary N) is 1. The quantitative estimate of drug-likeness (QED) is 0.874. The molecule has 0 radical (unpaired) electrons. The Hall–Kier alpha value is -1.35. The van der Waals surface area contributed by atoms with Gasteiger partial charge in [-0.2, -0.15) is 0 Å². The Kier molecular flexibility index (Phi) is 4.97. The molecule has 1 aliphatic rings. The lowest BCUT2D eigenvalue weighted by atomic mass is 9.89. The van der Waals surface area contributed by atoms with Crippen molar-refractivity contribution in [3.05, 3.63) is 35.9 Å². The van der Waals surface area contributed by atoms with Gasteiger partial charge in [0.05, 0.1) is 5.92 Å². The number of nitrogens with one attached hydrogen (secondary N) is 1. The standard InChI is InChI=1S/C16H24N2O/c1-2-13(12-8-4-3-5-9-12)16(19)18-15-11-7-6-10-14(15)17/h3-5,8-9,13-15H,2,6-7,10-11,17H2,1H3,(H,18,19)/t13?,14-,15-/m1/s1.